The quantitative estimate of drug-likeness (QED) is 0.904. The number of piperazine rings is 1. The van der Waals surface area contributed by atoms with Crippen LogP contribution in [0.15, 0.2) is 24.3 Å². The second-order valence-corrected chi connectivity index (χ2v) is 5.52. The van der Waals surface area contributed by atoms with Crippen LogP contribution < -0.4 is 4.90 Å². The summed E-state index contributed by atoms with van der Waals surface area (Å²) in [5.41, 5.74) is 2.36. The van der Waals surface area contributed by atoms with Crippen LogP contribution in [0.2, 0.25) is 0 Å². The van der Waals surface area contributed by atoms with Crippen LogP contribution in [-0.2, 0) is 4.79 Å². The molecular formula is C15H22N2O2. The highest BCUT2D eigenvalue weighted by molar-refractivity contribution is 5.69. The summed E-state index contributed by atoms with van der Waals surface area (Å²) < 4.78 is 0. The number of nitrogens with zero attached hydrogens (tertiary/aromatic N) is 2. The SMILES string of the molecule is Cc1ccccc1N1C(C)CN(C)CC1CC(=O)O. The molecule has 1 N–H and O–H groups in total. The molecule has 1 heterocycles. The molecular weight excluding hydrogens is 240 g/mol. The first kappa shape index (κ1) is 13.9. The maximum Gasteiger partial charge on any atom is 0.305 e. The van der Waals surface area contributed by atoms with Crippen molar-refractivity contribution in [1.82, 2.24) is 4.90 Å². The number of aliphatic carboxylic acids is 1. The van der Waals surface area contributed by atoms with Gasteiger partial charge in [0, 0.05) is 24.8 Å². The molecule has 0 amide bonds. The Morgan fingerprint density at radius 1 is 1.37 bits per heavy atom. The van der Waals surface area contributed by atoms with Crippen molar-refractivity contribution in [3.8, 4) is 0 Å². The van der Waals surface area contributed by atoms with Gasteiger partial charge in [0.2, 0.25) is 0 Å². The van der Waals surface area contributed by atoms with Crippen molar-refractivity contribution >= 4 is 11.7 Å². The van der Waals surface area contributed by atoms with Gasteiger partial charge >= 0.3 is 5.97 Å². The first-order chi connectivity index (χ1) is 8.99. The zero-order valence-electron chi connectivity index (χ0n) is 11.8. The number of carboxylic acids is 1. The van der Waals surface area contributed by atoms with Gasteiger partial charge in [0.15, 0.2) is 0 Å². The fraction of sp³-hybridized carbons (Fsp3) is 0.533. The number of rotatable bonds is 3. The van der Waals surface area contributed by atoms with Crippen molar-refractivity contribution in [2.45, 2.75) is 32.4 Å². The first-order valence-corrected chi connectivity index (χ1v) is 6.73. The zero-order valence-corrected chi connectivity index (χ0v) is 11.8. The van der Waals surface area contributed by atoms with Crippen molar-refractivity contribution in [1.29, 1.82) is 0 Å². The smallest absolute Gasteiger partial charge is 0.305 e. The Morgan fingerprint density at radius 3 is 2.68 bits per heavy atom. The third-order valence-corrected chi connectivity index (χ3v) is 3.77. The molecule has 0 aliphatic carbocycles. The van der Waals surface area contributed by atoms with Gasteiger partial charge in [-0.3, -0.25) is 4.79 Å². The highest BCUT2D eigenvalue weighted by Gasteiger charge is 2.32. The van der Waals surface area contributed by atoms with Gasteiger partial charge in [0.25, 0.3) is 0 Å². The summed E-state index contributed by atoms with van der Waals surface area (Å²) in [6, 6.07) is 8.57. The van der Waals surface area contributed by atoms with Gasteiger partial charge in [-0.1, -0.05) is 18.2 Å². The normalized spacial score (nSPS) is 24.5. The lowest BCUT2D eigenvalue weighted by Gasteiger charge is -2.46. The Morgan fingerprint density at radius 2 is 2.05 bits per heavy atom. The molecule has 4 heteroatoms. The average Bonchev–Trinajstić information content (AvgIpc) is 2.29. The molecule has 2 rings (SSSR count). The fourth-order valence-electron chi connectivity index (χ4n) is 3.07. The van der Waals surface area contributed by atoms with E-state index >= 15 is 0 Å². The molecule has 2 atom stereocenters. The predicted molar refractivity (Wildman–Crippen MR) is 76.7 cm³/mol. The van der Waals surface area contributed by atoms with Crippen LogP contribution in [0.5, 0.6) is 0 Å². The summed E-state index contributed by atoms with van der Waals surface area (Å²) in [6.07, 6.45) is 0.184. The molecule has 1 aromatic carbocycles. The monoisotopic (exact) mass is 262 g/mol. The number of carbonyl (C=O) groups is 1. The minimum atomic E-state index is -0.730. The summed E-state index contributed by atoms with van der Waals surface area (Å²) in [5.74, 6) is -0.730. The number of likely N-dealkylation sites (N-methyl/N-ethyl adjacent to an activating group) is 1. The summed E-state index contributed by atoms with van der Waals surface area (Å²) >= 11 is 0. The number of para-hydroxylation sites is 1. The molecule has 1 aromatic rings. The highest BCUT2D eigenvalue weighted by atomic mass is 16.4. The second kappa shape index (κ2) is 5.61. The van der Waals surface area contributed by atoms with E-state index in [2.05, 4.69) is 42.8 Å². The van der Waals surface area contributed by atoms with Crippen LogP contribution in [0, 0.1) is 6.92 Å². The molecule has 2 unspecified atom stereocenters. The maximum absolute atomic E-state index is 11.1. The predicted octanol–water partition coefficient (Wildman–Crippen LogP) is 1.98. The summed E-state index contributed by atoms with van der Waals surface area (Å²) in [4.78, 5) is 15.6. The number of aryl methyl sites for hydroxylation is 1. The Balaban J connectivity index is 2.32. The molecule has 19 heavy (non-hydrogen) atoms. The summed E-state index contributed by atoms with van der Waals surface area (Å²) in [5, 5.41) is 9.13. The topological polar surface area (TPSA) is 43.8 Å². The minimum absolute atomic E-state index is 0.0346. The largest absolute Gasteiger partial charge is 0.481 e. The van der Waals surface area contributed by atoms with Crippen LogP contribution in [-0.4, -0.2) is 48.2 Å². The van der Waals surface area contributed by atoms with Crippen molar-refractivity contribution in [2.24, 2.45) is 0 Å². The Labute approximate surface area is 114 Å². The highest BCUT2D eigenvalue weighted by Crippen LogP contribution is 2.28. The Bertz CT molecular complexity index is 461. The van der Waals surface area contributed by atoms with Gasteiger partial charge in [0.1, 0.15) is 0 Å². The molecule has 1 aliphatic rings. The van der Waals surface area contributed by atoms with Gasteiger partial charge < -0.3 is 14.9 Å². The Kier molecular flexibility index (Phi) is 4.10. The van der Waals surface area contributed by atoms with Gasteiger partial charge in [-0.05, 0) is 32.5 Å². The van der Waals surface area contributed by atoms with Crippen LogP contribution in [0.4, 0.5) is 5.69 Å². The summed E-state index contributed by atoms with van der Waals surface area (Å²) in [6.45, 7) is 6.00. The molecule has 104 valence electrons. The number of anilines is 1. The Hall–Kier alpha value is -1.55. The van der Waals surface area contributed by atoms with E-state index in [1.165, 1.54) is 5.56 Å². The van der Waals surface area contributed by atoms with Gasteiger partial charge in [-0.25, -0.2) is 0 Å². The molecule has 1 fully saturated rings. The fourth-order valence-corrected chi connectivity index (χ4v) is 3.07. The van der Waals surface area contributed by atoms with Crippen molar-refractivity contribution in [3.63, 3.8) is 0 Å². The van der Waals surface area contributed by atoms with Crippen molar-refractivity contribution in [2.75, 3.05) is 25.0 Å². The molecule has 1 saturated heterocycles. The zero-order chi connectivity index (χ0) is 14.0. The maximum atomic E-state index is 11.1. The van der Waals surface area contributed by atoms with E-state index in [0.29, 0.717) is 6.04 Å². The van der Waals surface area contributed by atoms with Crippen LogP contribution in [0.3, 0.4) is 0 Å². The lowest BCUT2D eigenvalue weighted by molar-refractivity contribution is -0.137. The third-order valence-electron chi connectivity index (χ3n) is 3.77. The molecule has 0 saturated carbocycles. The van der Waals surface area contributed by atoms with E-state index in [1.54, 1.807) is 0 Å². The van der Waals surface area contributed by atoms with Crippen molar-refractivity contribution in [3.05, 3.63) is 29.8 Å². The van der Waals surface area contributed by atoms with E-state index in [1.807, 2.05) is 12.1 Å². The molecule has 0 spiro atoms. The molecule has 0 radical (unpaired) electrons. The lowest BCUT2D eigenvalue weighted by Crippen LogP contribution is -2.57. The van der Waals surface area contributed by atoms with Gasteiger partial charge in [-0.15, -0.1) is 0 Å². The lowest BCUT2D eigenvalue weighted by atomic mass is 10.0. The third kappa shape index (κ3) is 3.07. The molecule has 1 aliphatic heterocycles. The number of hydrogen-bond donors (Lipinski definition) is 1. The number of benzene rings is 1. The van der Waals surface area contributed by atoms with Crippen LogP contribution in [0.25, 0.3) is 0 Å². The van der Waals surface area contributed by atoms with Gasteiger partial charge in [0.05, 0.1) is 12.5 Å². The average molecular weight is 262 g/mol. The van der Waals surface area contributed by atoms with E-state index in [9.17, 15) is 4.79 Å². The molecule has 0 aromatic heterocycles. The first-order valence-electron chi connectivity index (χ1n) is 6.73. The minimum Gasteiger partial charge on any atom is -0.481 e. The molecule has 4 nitrogen and oxygen atoms in total. The van der Waals surface area contributed by atoms with Crippen molar-refractivity contribution < 1.29 is 9.90 Å². The number of hydrogen-bond acceptors (Lipinski definition) is 3. The molecule has 0 bridgehead atoms. The van der Waals surface area contributed by atoms with E-state index < -0.39 is 5.97 Å². The van der Waals surface area contributed by atoms with E-state index in [0.717, 1.165) is 18.8 Å². The van der Waals surface area contributed by atoms with Crippen LogP contribution in [0.1, 0.15) is 18.9 Å². The van der Waals surface area contributed by atoms with Crippen LogP contribution >= 0.6 is 0 Å². The standard InChI is InChI=1S/C15H22N2O2/c1-11-6-4-5-7-14(11)17-12(2)9-16(3)10-13(17)8-15(18)19/h4-7,12-13H,8-10H2,1-3H3,(H,18,19). The van der Waals surface area contributed by atoms with E-state index in [4.69, 9.17) is 5.11 Å². The summed E-state index contributed by atoms with van der Waals surface area (Å²) in [7, 11) is 2.06. The number of carboxylic acid groups (broad SMARTS) is 1. The van der Waals surface area contributed by atoms with Gasteiger partial charge in [-0.2, -0.15) is 0 Å². The van der Waals surface area contributed by atoms with E-state index in [-0.39, 0.29) is 12.5 Å². The second-order valence-electron chi connectivity index (χ2n) is 5.52.